The number of hydrogen-bond donors (Lipinski definition) is 1. The minimum Gasteiger partial charge on any atom is -0.492 e. The normalized spacial score (nSPS) is 11.8. The van der Waals surface area contributed by atoms with Crippen LogP contribution in [0.25, 0.3) is 0 Å². The van der Waals surface area contributed by atoms with Gasteiger partial charge in [0.05, 0.1) is 11.8 Å². The van der Waals surface area contributed by atoms with Gasteiger partial charge < -0.3 is 10.1 Å². The zero-order chi connectivity index (χ0) is 18.2. The Morgan fingerprint density at radius 2 is 1.80 bits per heavy atom. The van der Waals surface area contributed by atoms with Crippen molar-refractivity contribution in [3.63, 3.8) is 0 Å². The molecule has 5 heteroatoms. The van der Waals surface area contributed by atoms with Crippen LogP contribution in [0.1, 0.15) is 24.5 Å². The molecule has 1 N–H and O–H groups in total. The summed E-state index contributed by atoms with van der Waals surface area (Å²) in [4.78, 5) is 13.4. The highest BCUT2D eigenvalue weighted by molar-refractivity contribution is 8.00. The largest absolute Gasteiger partial charge is 0.492 e. The molecule has 0 aliphatic rings. The molecular weight excluding hydrogens is 354 g/mol. The Balaban J connectivity index is 1.78. The van der Waals surface area contributed by atoms with Crippen LogP contribution >= 0.6 is 23.4 Å². The van der Waals surface area contributed by atoms with Crippen molar-refractivity contribution in [2.24, 2.45) is 0 Å². The third kappa shape index (κ3) is 6.63. The molecule has 0 aromatic heterocycles. The van der Waals surface area contributed by atoms with E-state index in [1.54, 1.807) is 11.8 Å². The van der Waals surface area contributed by atoms with Crippen LogP contribution in [0.4, 0.5) is 0 Å². The van der Waals surface area contributed by atoms with Crippen LogP contribution < -0.4 is 10.1 Å². The maximum Gasteiger partial charge on any atom is 0.233 e. The fraction of sp³-hybridized carbons (Fsp3) is 0.350. The summed E-state index contributed by atoms with van der Waals surface area (Å²) in [6.45, 7) is 7.04. The van der Waals surface area contributed by atoms with Crippen LogP contribution in [0.15, 0.2) is 47.4 Å². The van der Waals surface area contributed by atoms with Gasteiger partial charge in [0.25, 0.3) is 0 Å². The summed E-state index contributed by atoms with van der Waals surface area (Å²) < 4.78 is 5.73. The number of thioether (sulfide) groups is 1. The summed E-state index contributed by atoms with van der Waals surface area (Å²) >= 11 is 7.45. The Labute approximate surface area is 159 Å². The van der Waals surface area contributed by atoms with E-state index < -0.39 is 0 Å². The fourth-order valence-electron chi connectivity index (χ4n) is 2.47. The van der Waals surface area contributed by atoms with Crippen molar-refractivity contribution in [2.75, 3.05) is 13.2 Å². The lowest BCUT2D eigenvalue weighted by molar-refractivity contribution is -0.120. The van der Waals surface area contributed by atoms with Crippen molar-refractivity contribution in [1.82, 2.24) is 5.32 Å². The van der Waals surface area contributed by atoms with Gasteiger partial charge in [-0.3, -0.25) is 4.79 Å². The molecule has 0 aliphatic heterocycles. The van der Waals surface area contributed by atoms with E-state index in [1.165, 1.54) is 11.1 Å². The second-order valence-corrected chi connectivity index (χ2v) is 7.64. The summed E-state index contributed by atoms with van der Waals surface area (Å²) in [5, 5.41) is 3.53. The Hall–Kier alpha value is -1.65. The summed E-state index contributed by atoms with van der Waals surface area (Å²) in [6.07, 6.45) is 0.761. The van der Waals surface area contributed by atoms with Crippen LogP contribution in [0.2, 0.25) is 5.02 Å². The minimum absolute atomic E-state index is 0.0338. The van der Waals surface area contributed by atoms with Gasteiger partial charge in [-0.2, -0.15) is 0 Å². The summed E-state index contributed by atoms with van der Waals surface area (Å²) in [6, 6.07) is 13.7. The highest BCUT2D eigenvalue weighted by Crippen LogP contribution is 2.26. The Morgan fingerprint density at radius 1 is 1.16 bits per heavy atom. The average Bonchev–Trinajstić information content (AvgIpc) is 2.57. The number of carbonyl (C=O) groups is 1. The van der Waals surface area contributed by atoms with Crippen molar-refractivity contribution < 1.29 is 9.53 Å². The molecule has 0 heterocycles. The van der Waals surface area contributed by atoms with Crippen molar-refractivity contribution >= 4 is 29.3 Å². The van der Waals surface area contributed by atoms with Crippen LogP contribution in [0.3, 0.4) is 0 Å². The van der Waals surface area contributed by atoms with E-state index in [-0.39, 0.29) is 11.2 Å². The van der Waals surface area contributed by atoms with Gasteiger partial charge in [-0.15, -0.1) is 11.8 Å². The molecule has 1 unspecified atom stereocenters. The smallest absolute Gasteiger partial charge is 0.233 e. The molecule has 134 valence electrons. The maximum absolute atomic E-state index is 12.4. The number of aryl methyl sites for hydroxylation is 2. The van der Waals surface area contributed by atoms with Crippen LogP contribution in [0.5, 0.6) is 5.75 Å². The lowest BCUT2D eigenvalue weighted by Gasteiger charge is -2.15. The number of nitrogens with one attached hydrogen (secondary N) is 1. The van der Waals surface area contributed by atoms with Crippen LogP contribution in [-0.4, -0.2) is 24.3 Å². The number of carbonyl (C=O) groups excluding carboxylic acids is 1. The quantitative estimate of drug-likeness (QED) is 0.518. The van der Waals surface area contributed by atoms with E-state index in [0.717, 1.165) is 17.1 Å². The molecule has 2 aromatic rings. The molecule has 2 rings (SSSR count). The van der Waals surface area contributed by atoms with Gasteiger partial charge in [0.2, 0.25) is 5.91 Å². The van der Waals surface area contributed by atoms with Gasteiger partial charge in [-0.25, -0.2) is 0 Å². The molecule has 0 bridgehead atoms. The van der Waals surface area contributed by atoms with Crippen LogP contribution in [-0.2, 0) is 4.79 Å². The van der Waals surface area contributed by atoms with Crippen molar-refractivity contribution in [2.45, 2.75) is 37.3 Å². The lowest BCUT2D eigenvalue weighted by atomic mass is 10.1. The van der Waals surface area contributed by atoms with E-state index in [0.29, 0.717) is 18.2 Å². The lowest BCUT2D eigenvalue weighted by Crippen LogP contribution is -2.35. The van der Waals surface area contributed by atoms with E-state index in [1.807, 2.05) is 57.2 Å². The summed E-state index contributed by atoms with van der Waals surface area (Å²) in [7, 11) is 0. The Bertz CT molecular complexity index is 683. The molecule has 0 saturated heterocycles. The maximum atomic E-state index is 12.4. The summed E-state index contributed by atoms with van der Waals surface area (Å²) in [5.41, 5.74) is 2.34. The van der Waals surface area contributed by atoms with Crippen molar-refractivity contribution in [1.29, 1.82) is 0 Å². The third-order valence-corrected chi connectivity index (χ3v) is 5.25. The van der Waals surface area contributed by atoms with Gasteiger partial charge in [0.15, 0.2) is 0 Å². The molecule has 0 aliphatic carbocycles. The molecule has 3 nitrogen and oxygen atoms in total. The number of halogens is 1. The molecule has 0 radical (unpaired) electrons. The zero-order valence-electron chi connectivity index (χ0n) is 14.8. The number of rotatable bonds is 8. The van der Waals surface area contributed by atoms with Gasteiger partial charge in [0.1, 0.15) is 12.4 Å². The zero-order valence-corrected chi connectivity index (χ0v) is 16.4. The van der Waals surface area contributed by atoms with E-state index in [2.05, 4.69) is 11.4 Å². The number of hydrogen-bond acceptors (Lipinski definition) is 3. The van der Waals surface area contributed by atoms with Gasteiger partial charge >= 0.3 is 0 Å². The Morgan fingerprint density at radius 3 is 2.40 bits per heavy atom. The number of benzene rings is 2. The summed E-state index contributed by atoms with van der Waals surface area (Å²) in [5.74, 6) is 0.876. The number of amides is 1. The number of ether oxygens (including phenoxy) is 1. The third-order valence-electron chi connectivity index (χ3n) is 3.62. The first kappa shape index (κ1) is 19.7. The average molecular weight is 378 g/mol. The Kier molecular flexibility index (Phi) is 7.66. The molecule has 0 saturated carbocycles. The standard InChI is InChI=1S/C20H24ClNO2S/c1-4-19(25-18-7-5-16(21)6-8-18)20(23)22-9-10-24-17-12-14(2)11-15(3)13-17/h5-8,11-13,19H,4,9-10H2,1-3H3,(H,22,23). The van der Waals surface area contributed by atoms with Gasteiger partial charge in [-0.05, 0) is 67.8 Å². The first-order valence-corrected chi connectivity index (χ1v) is 9.64. The SMILES string of the molecule is CCC(Sc1ccc(Cl)cc1)C(=O)NCCOc1cc(C)cc(C)c1. The monoisotopic (exact) mass is 377 g/mol. The molecule has 0 fully saturated rings. The highest BCUT2D eigenvalue weighted by Gasteiger charge is 2.17. The molecular formula is C20H24ClNO2S. The van der Waals surface area contributed by atoms with E-state index in [4.69, 9.17) is 16.3 Å². The first-order chi connectivity index (χ1) is 12.0. The highest BCUT2D eigenvalue weighted by atomic mass is 35.5. The predicted molar refractivity (Wildman–Crippen MR) is 106 cm³/mol. The van der Waals surface area contributed by atoms with E-state index >= 15 is 0 Å². The van der Waals surface area contributed by atoms with Gasteiger partial charge in [-0.1, -0.05) is 24.6 Å². The minimum atomic E-state index is -0.123. The fourth-order valence-corrected chi connectivity index (χ4v) is 3.58. The molecule has 1 amide bonds. The van der Waals surface area contributed by atoms with E-state index in [9.17, 15) is 4.79 Å². The first-order valence-electron chi connectivity index (χ1n) is 8.39. The topological polar surface area (TPSA) is 38.3 Å². The second-order valence-electron chi connectivity index (χ2n) is 5.93. The molecule has 0 spiro atoms. The van der Waals surface area contributed by atoms with Crippen LogP contribution in [0, 0.1) is 13.8 Å². The van der Waals surface area contributed by atoms with Crippen molar-refractivity contribution in [3.05, 3.63) is 58.6 Å². The van der Waals surface area contributed by atoms with Gasteiger partial charge in [0, 0.05) is 9.92 Å². The second kappa shape index (κ2) is 9.73. The molecule has 25 heavy (non-hydrogen) atoms. The predicted octanol–water partition coefficient (Wildman–Crippen LogP) is 5.02. The molecule has 2 aromatic carbocycles. The van der Waals surface area contributed by atoms with Crippen molar-refractivity contribution in [3.8, 4) is 5.75 Å². The molecule has 1 atom stereocenters.